The molecule has 1 amide bonds. The van der Waals surface area contributed by atoms with Crippen molar-refractivity contribution in [3.05, 3.63) is 27.6 Å². The molecule has 3 N–H and O–H groups in total. The van der Waals surface area contributed by atoms with Crippen LogP contribution in [0.25, 0.3) is 10.9 Å². The highest BCUT2D eigenvalue weighted by molar-refractivity contribution is 7.89. The second-order valence-corrected chi connectivity index (χ2v) is 13.8. The Labute approximate surface area is 240 Å². The SMILES string of the molecule is O=Nc1c(O)[nH]c2cc(Cl)c(C(=O)NC3C[C@H]4CC[C@@H](C3)N4S(=O)(=O)CC3CCN(CCCC(F)(F)F)CC3)cc12. The van der Waals surface area contributed by atoms with Crippen LogP contribution < -0.4 is 5.32 Å². The fourth-order valence-corrected chi connectivity index (χ4v) is 9.33. The van der Waals surface area contributed by atoms with Gasteiger partial charge in [0.05, 0.1) is 21.9 Å². The van der Waals surface area contributed by atoms with E-state index in [2.05, 4.69) is 15.5 Å². The Kier molecular flexibility index (Phi) is 8.57. The van der Waals surface area contributed by atoms with Gasteiger partial charge in [-0.15, -0.1) is 4.91 Å². The van der Waals surface area contributed by atoms with Gasteiger partial charge >= 0.3 is 6.18 Å². The van der Waals surface area contributed by atoms with Crippen LogP contribution in [0.5, 0.6) is 5.88 Å². The molecule has 2 aromatic rings. The van der Waals surface area contributed by atoms with Crippen molar-refractivity contribution in [1.82, 2.24) is 19.5 Å². The van der Waals surface area contributed by atoms with Crippen LogP contribution in [0, 0.1) is 10.8 Å². The summed E-state index contributed by atoms with van der Waals surface area (Å²) >= 11 is 6.31. The molecule has 3 aliphatic heterocycles. The Morgan fingerprint density at radius 3 is 2.41 bits per heavy atom. The van der Waals surface area contributed by atoms with Crippen LogP contribution in [0.2, 0.25) is 5.02 Å². The van der Waals surface area contributed by atoms with Crippen molar-refractivity contribution in [2.24, 2.45) is 11.1 Å². The molecule has 2 bridgehead atoms. The molecule has 0 saturated carbocycles. The number of hydrogen-bond acceptors (Lipinski definition) is 7. The summed E-state index contributed by atoms with van der Waals surface area (Å²) < 4.78 is 65.9. The van der Waals surface area contributed by atoms with Gasteiger partial charge in [-0.1, -0.05) is 11.6 Å². The first-order valence-corrected chi connectivity index (χ1v) is 15.8. The zero-order valence-electron chi connectivity index (χ0n) is 22.3. The third-order valence-electron chi connectivity index (χ3n) is 8.59. The quantitative estimate of drug-likeness (QED) is 0.337. The molecule has 3 aliphatic rings. The fraction of sp³-hybridized carbons (Fsp3) is 0.654. The van der Waals surface area contributed by atoms with Crippen molar-refractivity contribution >= 4 is 44.1 Å². The van der Waals surface area contributed by atoms with E-state index in [1.807, 2.05) is 4.90 Å². The summed E-state index contributed by atoms with van der Waals surface area (Å²) in [5.41, 5.74) is 0.270. The first-order chi connectivity index (χ1) is 19.3. The molecule has 226 valence electrons. The lowest BCUT2D eigenvalue weighted by Crippen LogP contribution is -2.53. The van der Waals surface area contributed by atoms with Gasteiger partial charge in [0, 0.05) is 29.9 Å². The van der Waals surface area contributed by atoms with Crippen LogP contribution in [0.3, 0.4) is 0 Å². The second kappa shape index (κ2) is 11.7. The molecular weight excluding hydrogens is 587 g/mol. The number of aromatic amines is 1. The van der Waals surface area contributed by atoms with Crippen LogP contribution >= 0.6 is 11.6 Å². The second-order valence-electron chi connectivity index (χ2n) is 11.4. The van der Waals surface area contributed by atoms with Gasteiger partial charge in [0.2, 0.25) is 15.9 Å². The molecule has 3 fully saturated rings. The number of fused-ring (bicyclic) bond motifs is 3. The molecule has 1 aromatic heterocycles. The number of aromatic nitrogens is 1. The number of sulfonamides is 1. The maximum absolute atomic E-state index is 13.5. The predicted octanol–water partition coefficient (Wildman–Crippen LogP) is 5.03. The van der Waals surface area contributed by atoms with E-state index >= 15 is 0 Å². The number of hydrogen-bond donors (Lipinski definition) is 3. The molecule has 1 aromatic carbocycles. The highest BCUT2D eigenvalue weighted by Gasteiger charge is 2.47. The van der Waals surface area contributed by atoms with Crippen molar-refractivity contribution in [1.29, 1.82) is 0 Å². The third kappa shape index (κ3) is 6.65. The number of likely N-dealkylation sites (tertiary alicyclic amines) is 1. The van der Waals surface area contributed by atoms with Gasteiger partial charge in [0.1, 0.15) is 0 Å². The molecule has 41 heavy (non-hydrogen) atoms. The summed E-state index contributed by atoms with van der Waals surface area (Å²) in [6.07, 6.45) is -1.30. The average Bonchev–Trinajstić information content (AvgIpc) is 3.35. The van der Waals surface area contributed by atoms with Crippen molar-refractivity contribution in [2.45, 2.75) is 75.7 Å². The first kappa shape index (κ1) is 30.1. The number of benzene rings is 1. The number of nitrogens with one attached hydrogen (secondary N) is 2. The number of halogens is 4. The number of amides is 1. The van der Waals surface area contributed by atoms with Gasteiger partial charge in [0.25, 0.3) is 5.91 Å². The van der Waals surface area contributed by atoms with E-state index in [4.69, 9.17) is 11.6 Å². The Hall–Kier alpha value is -2.42. The van der Waals surface area contributed by atoms with Gasteiger partial charge in [-0.3, -0.25) is 4.79 Å². The number of carbonyl (C=O) groups is 1. The number of carbonyl (C=O) groups excluding carboxylic acids is 1. The number of piperidine rings is 2. The van der Waals surface area contributed by atoms with E-state index in [9.17, 15) is 36.4 Å². The number of nitroso groups, excluding NO2 is 1. The monoisotopic (exact) mass is 619 g/mol. The summed E-state index contributed by atoms with van der Waals surface area (Å²) in [5.74, 6) is -0.886. The van der Waals surface area contributed by atoms with Crippen molar-refractivity contribution < 1.29 is 31.5 Å². The Bertz CT molecular complexity index is 1400. The van der Waals surface area contributed by atoms with Gasteiger partial charge in [-0.25, -0.2) is 8.42 Å². The van der Waals surface area contributed by atoms with Crippen LogP contribution in [0.1, 0.15) is 61.7 Å². The van der Waals surface area contributed by atoms with E-state index in [0.717, 1.165) is 0 Å². The minimum Gasteiger partial charge on any atom is -0.493 e. The molecule has 4 heterocycles. The maximum Gasteiger partial charge on any atom is 0.389 e. The summed E-state index contributed by atoms with van der Waals surface area (Å²) in [6, 6.07) is 2.12. The summed E-state index contributed by atoms with van der Waals surface area (Å²) in [5, 5.41) is 16.0. The van der Waals surface area contributed by atoms with E-state index < -0.39 is 34.4 Å². The van der Waals surface area contributed by atoms with Crippen LogP contribution in [-0.2, 0) is 10.0 Å². The number of H-pyrrole nitrogens is 1. The molecule has 0 aliphatic carbocycles. The molecule has 0 spiro atoms. The number of alkyl halides is 3. The topological polar surface area (TPSA) is 135 Å². The highest BCUT2D eigenvalue weighted by Crippen LogP contribution is 2.40. The standard InChI is InChI=1S/C26H33ClF3N5O5S/c27-21-13-22-20(23(33-38)25(37)32-22)12-19(21)24(36)31-16-10-17-2-3-18(11-16)35(17)41(39,40)14-15-4-8-34(9-5-15)7-1-6-26(28,29)30/h12-13,15-18,32,37H,1-11,14H2,(H,31,36)/t16?,17-,18+. The zero-order valence-corrected chi connectivity index (χ0v) is 23.9. The van der Waals surface area contributed by atoms with Crippen LogP contribution in [0.4, 0.5) is 18.9 Å². The minimum atomic E-state index is -4.16. The molecule has 1 unspecified atom stereocenters. The van der Waals surface area contributed by atoms with Crippen LogP contribution in [-0.4, -0.2) is 83.3 Å². The average molecular weight is 620 g/mol. The lowest BCUT2D eigenvalue weighted by molar-refractivity contribution is -0.136. The lowest BCUT2D eigenvalue weighted by Gasteiger charge is -2.39. The van der Waals surface area contributed by atoms with Crippen molar-refractivity contribution in [3.63, 3.8) is 0 Å². The first-order valence-electron chi connectivity index (χ1n) is 13.8. The predicted molar refractivity (Wildman–Crippen MR) is 148 cm³/mol. The van der Waals surface area contributed by atoms with Crippen molar-refractivity contribution in [3.8, 4) is 5.88 Å². The molecule has 5 rings (SSSR count). The fourth-order valence-electron chi connectivity index (χ4n) is 6.69. The number of nitrogens with zero attached hydrogens (tertiary/aromatic N) is 3. The lowest BCUT2D eigenvalue weighted by atomic mass is 9.99. The zero-order chi connectivity index (χ0) is 29.5. The molecule has 0 radical (unpaired) electrons. The molecule has 10 nitrogen and oxygen atoms in total. The van der Waals surface area contributed by atoms with Gasteiger partial charge < -0.3 is 20.3 Å². The van der Waals surface area contributed by atoms with E-state index in [-0.39, 0.29) is 57.9 Å². The smallest absolute Gasteiger partial charge is 0.389 e. The molecule has 3 saturated heterocycles. The molecule has 3 atom stereocenters. The normalized spacial score (nSPS) is 24.6. The number of aromatic hydroxyl groups is 1. The van der Waals surface area contributed by atoms with E-state index in [0.29, 0.717) is 63.7 Å². The van der Waals surface area contributed by atoms with Crippen LogP contribution in [0.15, 0.2) is 17.3 Å². The Balaban J connectivity index is 1.16. The number of rotatable bonds is 9. The Morgan fingerprint density at radius 1 is 1.15 bits per heavy atom. The molecule has 15 heteroatoms. The summed E-state index contributed by atoms with van der Waals surface area (Å²) in [6.45, 7) is 1.56. The van der Waals surface area contributed by atoms with Gasteiger partial charge in [0.15, 0.2) is 5.69 Å². The van der Waals surface area contributed by atoms with Gasteiger partial charge in [-0.2, -0.15) is 17.5 Å². The summed E-state index contributed by atoms with van der Waals surface area (Å²) in [4.78, 5) is 28.8. The van der Waals surface area contributed by atoms with Crippen molar-refractivity contribution in [2.75, 3.05) is 25.4 Å². The Morgan fingerprint density at radius 2 is 1.80 bits per heavy atom. The van der Waals surface area contributed by atoms with E-state index in [1.54, 1.807) is 4.31 Å². The van der Waals surface area contributed by atoms with E-state index in [1.165, 1.54) is 12.1 Å². The molecular formula is C26H33ClF3N5O5S. The largest absolute Gasteiger partial charge is 0.493 e. The minimum absolute atomic E-state index is 0.0274. The summed E-state index contributed by atoms with van der Waals surface area (Å²) in [7, 11) is -3.55. The third-order valence-corrected chi connectivity index (χ3v) is 11.0. The maximum atomic E-state index is 13.5. The van der Waals surface area contributed by atoms with Gasteiger partial charge in [-0.05, 0) is 87.8 Å². The highest BCUT2D eigenvalue weighted by atomic mass is 35.5.